The standard InChI is InChI=1S/C18H17N3O2S/c1-8-7-24-18(23-4)15(8)16-20-13-5-11-9(2)10(3)19-17(22)12(11)6-14(13)21-16/h5-7H,1-4H3,(H,19,22)(H,20,21). The van der Waals surface area contributed by atoms with Gasteiger partial charge in [-0.2, -0.15) is 0 Å². The molecule has 24 heavy (non-hydrogen) atoms. The molecule has 0 bridgehead atoms. The highest BCUT2D eigenvalue weighted by atomic mass is 32.1. The van der Waals surface area contributed by atoms with Crippen LogP contribution >= 0.6 is 11.3 Å². The smallest absolute Gasteiger partial charge is 0.256 e. The molecule has 0 fully saturated rings. The second kappa shape index (κ2) is 5.21. The molecule has 4 rings (SSSR count). The fourth-order valence-corrected chi connectivity index (χ4v) is 3.93. The Kier molecular flexibility index (Phi) is 3.25. The van der Waals surface area contributed by atoms with E-state index in [1.165, 1.54) is 0 Å². The van der Waals surface area contributed by atoms with Gasteiger partial charge in [0.2, 0.25) is 0 Å². The minimum atomic E-state index is -0.0737. The third kappa shape index (κ3) is 2.06. The summed E-state index contributed by atoms with van der Waals surface area (Å²) in [5.74, 6) is 0.765. The lowest BCUT2D eigenvalue weighted by molar-refractivity contribution is 0.428. The van der Waals surface area contributed by atoms with E-state index >= 15 is 0 Å². The van der Waals surface area contributed by atoms with Crippen molar-refractivity contribution in [3.63, 3.8) is 0 Å². The molecule has 3 aromatic heterocycles. The highest BCUT2D eigenvalue weighted by molar-refractivity contribution is 7.12. The number of fused-ring (bicyclic) bond motifs is 2. The average Bonchev–Trinajstić information content (AvgIpc) is 3.13. The van der Waals surface area contributed by atoms with Crippen LogP contribution in [0.3, 0.4) is 0 Å². The van der Waals surface area contributed by atoms with Crippen LogP contribution in [0.4, 0.5) is 0 Å². The van der Waals surface area contributed by atoms with Gasteiger partial charge in [0.15, 0.2) is 5.06 Å². The third-order valence-corrected chi connectivity index (χ3v) is 5.55. The highest BCUT2D eigenvalue weighted by Gasteiger charge is 2.16. The van der Waals surface area contributed by atoms with Gasteiger partial charge in [-0.05, 0) is 54.8 Å². The van der Waals surface area contributed by atoms with Gasteiger partial charge in [0, 0.05) is 11.1 Å². The van der Waals surface area contributed by atoms with E-state index in [1.807, 2.05) is 32.9 Å². The Bertz CT molecular complexity index is 1150. The lowest BCUT2D eigenvalue weighted by Crippen LogP contribution is -2.09. The van der Waals surface area contributed by atoms with Crippen LogP contribution in [0, 0.1) is 20.8 Å². The van der Waals surface area contributed by atoms with Crippen molar-refractivity contribution in [1.29, 1.82) is 0 Å². The van der Waals surface area contributed by atoms with Crippen molar-refractivity contribution < 1.29 is 4.74 Å². The van der Waals surface area contributed by atoms with Crippen molar-refractivity contribution >= 4 is 33.1 Å². The number of imidazole rings is 1. The van der Waals surface area contributed by atoms with E-state index in [-0.39, 0.29) is 5.56 Å². The molecule has 5 nitrogen and oxygen atoms in total. The van der Waals surface area contributed by atoms with Gasteiger partial charge in [-0.1, -0.05) is 0 Å². The monoisotopic (exact) mass is 339 g/mol. The lowest BCUT2D eigenvalue weighted by Gasteiger charge is -2.04. The maximum atomic E-state index is 12.3. The summed E-state index contributed by atoms with van der Waals surface area (Å²) in [7, 11) is 1.66. The first-order valence-corrected chi connectivity index (χ1v) is 8.53. The molecule has 3 heterocycles. The summed E-state index contributed by atoms with van der Waals surface area (Å²) >= 11 is 1.55. The van der Waals surface area contributed by atoms with Gasteiger partial charge in [0.05, 0.1) is 23.7 Å². The van der Waals surface area contributed by atoms with Crippen LogP contribution < -0.4 is 10.3 Å². The van der Waals surface area contributed by atoms with Crippen molar-refractivity contribution in [2.75, 3.05) is 7.11 Å². The van der Waals surface area contributed by atoms with Crippen LogP contribution in [0.5, 0.6) is 5.06 Å². The molecular formula is C18H17N3O2S. The fraction of sp³-hybridized carbons (Fsp3) is 0.222. The van der Waals surface area contributed by atoms with E-state index < -0.39 is 0 Å². The lowest BCUT2D eigenvalue weighted by atomic mass is 10.1. The van der Waals surface area contributed by atoms with Gasteiger partial charge < -0.3 is 14.7 Å². The zero-order valence-electron chi connectivity index (χ0n) is 13.9. The normalized spacial score (nSPS) is 11.5. The molecule has 122 valence electrons. The number of H-pyrrole nitrogens is 2. The number of nitrogens with zero attached hydrogens (tertiary/aromatic N) is 1. The van der Waals surface area contributed by atoms with Gasteiger partial charge in [0.25, 0.3) is 5.56 Å². The maximum absolute atomic E-state index is 12.3. The molecule has 1 aromatic carbocycles. The largest absolute Gasteiger partial charge is 0.487 e. The highest BCUT2D eigenvalue weighted by Crippen LogP contribution is 2.38. The van der Waals surface area contributed by atoms with Crippen LogP contribution in [-0.2, 0) is 0 Å². The van der Waals surface area contributed by atoms with Crippen LogP contribution in [-0.4, -0.2) is 22.1 Å². The summed E-state index contributed by atoms with van der Waals surface area (Å²) in [4.78, 5) is 23.2. The van der Waals surface area contributed by atoms with E-state index in [0.717, 1.165) is 49.7 Å². The number of aromatic amines is 2. The van der Waals surface area contributed by atoms with Crippen LogP contribution in [0.1, 0.15) is 16.8 Å². The van der Waals surface area contributed by atoms with E-state index in [1.54, 1.807) is 18.4 Å². The first-order valence-electron chi connectivity index (χ1n) is 7.65. The van der Waals surface area contributed by atoms with Crippen molar-refractivity contribution in [2.24, 2.45) is 0 Å². The van der Waals surface area contributed by atoms with E-state index in [9.17, 15) is 4.79 Å². The molecule has 2 N–H and O–H groups in total. The van der Waals surface area contributed by atoms with Gasteiger partial charge in [-0.3, -0.25) is 4.79 Å². The Labute approximate surface area is 142 Å². The van der Waals surface area contributed by atoms with E-state index in [0.29, 0.717) is 5.39 Å². The first kappa shape index (κ1) is 15.0. The van der Waals surface area contributed by atoms with Gasteiger partial charge in [-0.15, -0.1) is 11.3 Å². The molecule has 0 unspecified atom stereocenters. The van der Waals surface area contributed by atoms with Crippen LogP contribution in [0.2, 0.25) is 0 Å². The number of aryl methyl sites for hydroxylation is 3. The molecule has 0 saturated carbocycles. The molecule has 0 spiro atoms. The van der Waals surface area contributed by atoms with E-state index in [4.69, 9.17) is 9.72 Å². The number of aromatic nitrogens is 3. The number of hydrogen-bond donors (Lipinski definition) is 2. The number of ether oxygens (including phenoxy) is 1. The zero-order valence-corrected chi connectivity index (χ0v) is 14.7. The average molecular weight is 339 g/mol. The topological polar surface area (TPSA) is 70.8 Å². The minimum absolute atomic E-state index is 0.0737. The number of benzene rings is 1. The summed E-state index contributed by atoms with van der Waals surface area (Å²) in [5.41, 5.74) is 5.67. The summed E-state index contributed by atoms with van der Waals surface area (Å²) in [5, 5.41) is 4.50. The zero-order chi connectivity index (χ0) is 17.0. The van der Waals surface area contributed by atoms with Gasteiger partial charge >= 0.3 is 0 Å². The summed E-state index contributed by atoms with van der Waals surface area (Å²) < 4.78 is 5.45. The Hall–Kier alpha value is -2.60. The van der Waals surface area contributed by atoms with Crippen molar-refractivity contribution in [2.45, 2.75) is 20.8 Å². The molecule has 0 aliphatic carbocycles. The molecule has 0 atom stereocenters. The van der Waals surface area contributed by atoms with Crippen LogP contribution in [0.15, 0.2) is 22.3 Å². The maximum Gasteiger partial charge on any atom is 0.256 e. The number of thiophene rings is 1. The molecule has 4 aromatic rings. The molecular weight excluding hydrogens is 322 g/mol. The minimum Gasteiger partial charge on any atom is -0.487 e. The number of nitrogens with one attached hydrogen (secondary N) is 2. The molecule has 0 aliphatic heterocycles. The number of hydrogen-bond acceptors (Lipinski definition) is 4. The Morgan fingerprint density at radius 1 is 1.12 bits per heavy atom. The number of rotatable bonds is 2. The van der Waals surface area contributed by atoms with Crippen molar-refractivity contribution in [1.82, 2.24) is 15.0 Å². The number of pyridine rings is 1. The first-order chi connectivity index (χ1) is 11.5. The third-order valence-electron chi connectivity index (χ3n) is 4.50. The molecule has 0 aliphatic rings. The summed E-state index contributed by atoms with van der Waals surface area (Å²) in [6, 6.07) is 3.86. The van der Waals surface area contributed by atoms with Gasteiger partial charge in [0.1, 0.15) is 5.82 Å². The Balaban J connectivity index is 2.04. The SMILES string of the molecule is COc1scc(C)c1-c1nc2cc3c(C)c(C)[nH]c(=O)c3cc2[nH]1. The molecule has 0 radical (unpaired) electrons. The number of methoxy groups -OCH3 is 1. The van der Waals surface area contributed by atoms with Gasteiger partial charge in [-0.25, -0.2) is 4.98 Å². The van der Waals surface area contributed by atoms with Crippen LogP contribution in [0.25, 0.3) is 33.2 Å². The Morgan fingerprint density at radius 2 is 1.92 bits per heavy atom. The summed E-state index contributed by atoms with van der Waals surface area (Å²) in [6.45, 7) is 5.96. The predicted molar refractivity (Wildman–Crippen MR) is 98.3 cm³/mol. The quantitative estimate of drug-likeness (QED) is 0.578. The fourth-order valence-electron chi connectivity index (χ4n) is 3.06. The molecule has 6 heteroatoms. The van der Waals surface area contributed by atoms with Crippen molar-refractivity contribution in [3.05, 3.63) is 44.7 Å². The predicted octanol–water partition coefficient (Wildman–Crippen LogP) is 4.07. The molecule has 0 amide bonds. The molecule has 0 saturated heterocycles. The Morgan fingerprint density at radius 3 is 2.67 bits per heavy atom. The van der Waals surface area contributed by atoms with E-state index in [2.05, 4.69) is 15.3 Å². The second-order valence-electron chi connectivity index (χ2n) is 5.99. The summed E-state index contributed by atoms with van der Waals surface area (Å²) in [6.07, 6.45) is 0. The van der Waals surface area contributed by atoms with Crippen molar-refractivity contribution in [3.8, 4) is 16.5 Å². The second-order valence-corrected chi connectivity index (χ2v) is 6.83.